The number of hydrogen-bond acceptors (Lipinski definition) is 1. The quantitative estimate of drug-likeness (QED) is 0.138. The fourth-order valence-electron chi connectivity index (χ4n) is 3.05. The van der Waals surface area contributed by atoms with Gasteiger partial charge in [-0.25, -0.2) is 0 Å². The molecular weight excluding hydrogens is 677 g/mol. The smallest absolute Gasteiger partial charge is 0.174 e. The van der Waals surface area contributed by atoms with Crippen molar-refractivity contribution < 1.29 is 0 Å². The van der Waals surface area contributed by atoms with Gasteiger partial charge in [0.1, 0.15) is 0 Å². The van der Waals surface area contributed by atoms with Gasteiger partial charge in [0.2, 0.25) is 0 Å². The van der Waals surface area contributed by atoms with Crippen molar-refractivity contribution in [2.75, 3.05) is 13.1 Å². The highest BCUT2D eigenvalue weighted by Crippen LogP contribution is 2.01. The number of hydrogen-bond donors (Lipinski definition) is 1. The minimum Gasteiger partial charge on any atom is -0.360 e. The Morgan fingerprint density at radius 2 is 0.821 bits per heavy atom. The van der Waals surface area contributed by atoms with E-state index < -0.39 is 0 Å². The first-order valence-corrected chi connectivity index (χ1v) is 16.0. The molecule has 2 aromatic rings. The maximum absolute atomic E-state index is 4.56. The Morgan fingerprint density at radius 3 is 1.21 bits per heavy atom. The van der Waals surface area contributed by atoms with Crippen molar-refractivity contribution >= 4 is 18.0 Å². The molecule has 0 saturated carbocycles. The summed E-state index contributed by atoms with van der Waals surface area (Å²) < 4.78 is 0. The summed E-state index contributed by atoms with van der Waals surface area (Å²) in [5.41, 5.74) is 80.7. The molecule has 2 heteroatoms. The number of allylic oxidation sites excluding steroid dienone is 1. The monoisotopic (exact) mass is 698 g/mol. The minimum atomic E-state index is 0.478. The van der Waals surface area contributed by atoms with Crippen LogP contribution in [-0.2, 0) is 0 Å². The van der Waals surface area contributed by atoms with Crippen molar-refractivity contribution in [2.24, 2.45) is 4.99 Å². The van der Waals surface area contributed by atoms with Crippen molar-refractivity contribution in [1.29, 1.82) is 0 Å². The van der Waals surface area contributed by atoms with E-state index in [-0.39, 0.29) is 0 Å². The Morgan fingerprint density at radius 1 is 0.464 bits per heavy atom. The van der Waals surface area contributed by atoms with Gasteiger partial charge in [-0.15, -0.1) is 0 Å². The number of rotatable bonds is 6. The van der Waals surface area contributed by atoms with Gasteiger partial charge in [-0.1, -0.05) is 102 Å². The third kappa shape index (κ3) is 26.8. The van der Waals surface area contributed by atoms with Crippen LogP contribution in [-0.4, -0.2) is 18.9 Å². The predicted molar refractivity (Wildman–Crippen MR) is 218 cm³/mol. The normalized spacial score (nSPS) is 7.25. The van der Waals surface area contributed by atoms with Gasteiger partial charge in [-0.05, 0) is 115 Å². The van der Waals surface area contributed by atoms with Gasteiger partial charge in [-0.3, -0.25) is 4.99 Å². The molecule has 0 unspecified atom stereocenters. The van der Waals surface area contributed by atoms with Crippen LogP contribution in [0, 0.1) is 11.8 Å². The predicted octanol–water partition coefficient (Wildman–Crippen LogP) is 9.40. The first-order valence-electron chi connectivity index (χ1n) is 16.0. The lowest BCUT2D eigenvalue weighted by atomic mass is 10.2. The molecule has 0 fully saturated rings. The molecule has 0 amide bonds. The highest BCUT2D eigenvalue weighted by atomic mass is 15.0. The van der Waals surface area contributed by atoms with Crippen LogP contribution in [0.2, 0.25) is 0 Å². The second kappa shape index (κ2) is 33.4. The molecule has 0 heterocycles. The van der Waals surface area contributed by atoms with E-state index in [9.17, 15) is 0 Å². The largest absolute Gasteiger partial charge is 0.360 e. The van der Waals surface area contributed by atoms with Gasteiger partial charge in [0.25, 0.3) is 0 Å². The van der Waals surface area contributed by atoms with Crippen LogP contribution in [0.5, 0.6) is 0 Å². The molecule has 2 aromatic carbocycles. The SMILES string of the molecule is C=C=C=C=C=C=C=C=C=C=C=C=C=C=C=C=C=C=C=C=C=C=C=C=C=C=C=C=C=C=C=C=CC#CC(=NCC=Cc1ccccc1)NCC=Cc1ccccc1. The Hall–Kier alpha value is -10.1. The summed E-state index contributed by atoms with van der Waals surface area (Å²) in [6, 6.07) is 20.1. The number of nitrogens with zero attached hydrogens (tertiary/aromatic N) is 1. The standard InChI is InChI=1S/C54H22N2/c1-2-3-4-5-6-7-8-9-10-11-12-13-14-15-16-17-18-19-20-21-22-23-24-25-26-27-28-29-30-31-32-33-40-49-54(55-50-41-47-52-43-36-34-37-44-52)56-51-42-48-53-45-38-35-39-46-53/h33-39,41-48H,1,50-51H2,(H,55,56). The van der Waals surface area contributed by atoms with E-state index in [4.69, 9.17) is 0 Å². The zero-order chi connectivity index (χ0) is 39.5. The average Bonchev–Trinajstić information content (AvgIpc) is 3.23. The van der Waals surface area contributed by atoms with E-state index in [2.05, 4.69) is 206 Å². The zero-order valence-corrected chi connectivity index (χ0v) is 29.7. The third-order valence-corrected chi connectivity index (χ3v) is 5.21. The molecule has 0 bridgehead atoms. The van der Waals surface area contributed by atoms with E-state index in [0.29, 0.717) is 18.9 Å². The van der Waals surface area contributed by atoms with Gasteiger partial charge in [0.15, 0.2) is 5.84 Å². The van der Waals surface area contributed by atoms with Crippen molar-refractivity contribution in [3.63, 3.8) is 0 Å². The summed E-state index contributed by atoms with van der Waals surface area (Å²) in [6.07, 6.45) is 9.56. The number of benzene rings is 2. The van der Waals surface area contributed by atoms with Gasteiger partial charge in [0.05, 0.1) is 6.54 Å². The Bertz CT molecular complexity index is 3200. The van der Waals surface area contributed by atoms with Crippen LogP contribution in [0.4, 0.5) is 0 Å². The van der Waals surface area contributed by atoms with Crippen molar-refractivity contribution in [3.05, 3.63) is 274 Å². The molecule has 0 aliphatic rings. The van der Waals surface area contributed by atoms with Crippen LogP contribution < -0.4 is 5.32 Å². The van der Waals surface area contributed by atoms with Crippen LogP contribution in [0.3, 0.4) is 0 Å². The molecule has 0 spiro atoms. The van der Waals surface area contributed by atoms with E-state index in [1.165, 1.54) is 6.08 Å². The molecular formula is C54H22N2. The molecule has 0 aromatic heterocycles. The molecule has 0 aliphatic heterocycles. The summed E-state index contributed by atoms with van der Waals surface area (Å²) in [5, 5.41) is 3.24. The molecule has 0 radical (unpaired) electrons. The van der Waals surface area contributed by atoms with Crippen LogP contribution in [0.15, 0.2) is 268 Å². The molecule has 1 N–H and O–H groups in total. The average molecular weight is 699 g/mol. The van der Waals surface area contributed by atoms with Crippen molar-refractivity contribution in [2.45, 2.75) is 0 Å². The summed E-state index contributed by atoms with van der Waals surface area (Å²) in [5.74, 6) is 6.45. The Labute approximate surface area is 326 Å². The summed E-state index contributed by atoms with van der Waals surface area (Å²) >= 11 is 0. The molecule has 248 valence electrons. The lowest BCUT2D eigenvalue weighted by molar-refractivity contribution is 1.04. The number of amidine groups is 1. The molecule has 0 saturated heterocycles. The first-order chi connectivity index (χ1) is 27.9. The third-order valence-electron chi connectivity index (χ3n) is 5.21. The van der Waals surface area contributed by atoms with Crippen molar-refractivity contribution in [3.8, 4) is 11.8 Å². The maximum atomic E-state index is 4.56. The number of aliphatic imine (C=N–C) groups is 1. The lowest BCUT2D eigenvalue weighted by Gasteiger charge is -2.00. The van der Waals surface area contributed by atoms with Crippen molar-refractivity contribution in [1.82, 2.24) is 5.32 Å². The second-order valence-electron chi connectivity index (χ2n) is 9.06. The second-order valence-corrected chi connectivity index (χ2v) is 9.06. The van der Waals surface area contributed by atoms with E-state index in [1.54, 1.807) is 0 Å². The fraction of sp³-hybridized carbons (Fsp3) is 0.0370. The Kier molecular flexibility index (Phi) is 25.1. The highest BCUT2D eigenvalue weighted by Gasteiger charge is 1.91. The summed E-state index contributed by atoms with van der Waals surface area (Å²) in [4.78, 5) is 4.56. The first kappa shape index (κ1) is 42.0. The summed E-state index contributed by atoms with van der Waals surface area (Å²) in [6.45, 7) is 4.37. The molecule has 0 atom stereocenters. The van der Waals surface area contributed by atoms with Crippen LogP contribution in [0.1, 0.15) is 11.1 Å². The maximum Gasteiger partial charge on any atom is 0.174 e. The highest BCUT2D eigenvalue weighted by molar-refractivity contribution is 5.99. The zero-order valence-electron chi connectivity index (χ0n) is 29.7. The topological polar surface area (TPSA) is 24.4 Å². The fourth-order valence-corrected chi connectivity index (χ4v) is 3.05. The van der Waals surface area contributed by atoms with Gasteiger partial charge < -0.3 is 5.32 Å². The number of nitrogens with one attached hydrogen (secondary N) is 1. The molecule has 0 aliphatic carbocycles. The van der Waals surface area contributed by atoms with E-state index in [0.717, 1.165) is 11.1 Å². The van der Waals surface area contributed by atoms with Gasteiger partial charge in [0, 0.05) is 87.1 Å². The Balaban J connectivity index is 2.16. The minimum absolute atomic E-state index is 0.478. The van der Waals surface area contributed by atoms with E-state index >= 15 is 0 Å². The lowest BCUT2D eigenvalue weighted by Crippen LogP contribution is -2.22. The summed E-state index contributed by atoms with van der Waals surface area (Å²) in [7, 11) is 0. The van der Waals surface area contributed by atoms with Crippen LogP contribution in [0.25, 0.3) is 12.2 Å². The van der Waals surface area contributed by atoms with E-state index in [1.807, 2.05) is 85.0 Å². The molecule has 56 heavy (non-hydrogen) atoms. The molecule has 2 rings (SSSR count). The molecule has 2 nitrogen and oxygen atoms in total. The van der Waals surface area contributed by atoms with Gasteiger partial charge in [-0.2, -0.15) is 0 Å². The van der Waals surface area contributed by atoms with Crippen LogP contribution >= 0.6 is 0 Å². The van der Waals surface area contributed by atoms with Gasteiger partial charge >= 0.3 is 0 Å².